The summed E-state index contributed by atoms with van der Waals surface area (Å²) in [7, 11) is 0. The van der Waals surface area contributed by atoms with E-state index in [1.54, 1.807) is 0 Å². The zero-order chi connectivity index (χ0) is 29.3. The maximum atomic E-state index is 10.3. The molecule has 218 valence electrons. The summed E-state index contributed by atoms with van der Waals surface area (Å²) >= 11 is 0. The van der Waals surface area contributed by atoms with Crippen LogP contribution >= 0.6 is 0 Å². The minimum atomic E-state index is -1.06. The third-order valence-electron chi connectivity index (χ3n) is 4.85. The first-order chi connectivity index (χ1) is 18.0. The Labute approximate surface area is 220 Å². The highest BCUT2D eigenvalue weighted by atomic mass is 16.5. The Morgan fingerprint density at radius 1 is 0.658 bits per heavy atom. The van der Waals surface area contributed by atoms with Crippen molar-refractivity contribution in [2.75, 3.05) is 26.4 Å². The number of unbranched alkanes of at least 4 members (excludes halogenated alkanes) is 4. The number of ether oxygens (including phenoxy) is 1. The van der Waals surface area contributed by atoms with Crippen molar-refractivity contribution in [3.05, 3.63) is 35.4 Å². The maximum Gasteiger partial charge on any atom is 0.335 e. The van der Waals surface area contributed by atoms with Crippen LogP contribution in [0.2, 0.25) is 0 Å². The van der Waals surface area contributed by atoms with E-state index >= 15 is 0 Å². The number of aliphatic hydroxyl groups is 4. The van der Waals surface area contributed by atoms with Crippen molar-refractivity contribution in [1.29, 1.82) is 0 Å². The lowest BCUT2D eigenvalue weighted by Gasteiger charge is -2.20. The number of aromatic carboxylic acids is 2. The summed E-state index contributed by atoms with van der Waals surface area (Å²) in [6, 6.07) is 5.02. The van der Waals surface area contributed by atoms with Crippen LogP contribution in [0.5, 0.6) is 0 Å². The number of hydrogen-bond acceptors (Lipinski definition) is 9. The van der Waals surface area contributed by atoms with Gasteiger partial charge in [-0.2, -0.15) is 0 Å². The van der Waals surface area contributed by atoms with Gasteiger partial charge in [-0.1, -0.05) is 19.3 Å². The zero-order valence-electron chi connectivity index (χ0n) is 21.3. The highest BCUT2D eigenvalue weighted by Crippen LogP contribution is 2.07. The third kappa shape index (κ3) is 22.1. The Morgan fingerprint density at radius 2 is 1.08 bits per heavy atom. The van der Waals surface area contributed by atoms with E-state index in [9.17, 15) is 24.3 Å². The van der Waals surface area contributed by atoms with Gasteiger partial charge in [-0.25, -0.2) is 9.59 Å². The lowest BCUT2D eigenvalue weighted by atomic mass is 10.1. The molecule has 0 aromatic heterocycles. The highest BCUT2D eigenvalue weighted by Gasteiger charge is 2.18. The second kappa shape index (κ2) is 24.2. The first kappa shape index (κ1) is 37.1. The topological polar surface area (TPSA) is 239 Å². The normalized spacial score (nSPS) is 11.7. The van der Waals surface area contributed by atoms with Crippen molar-refractivity contribution in [2.45, 2.75) is 70.0 Å². The summed E-state index contributed by atoms with van der Waals surface area (Å²) in [5, 5.41) is 68.7. The molecular weight excluding hydrogens is 508 g/mol. The first-order valence-corrected chi connectivity index (χ1v) is 12.1. The molecule has 2 atom stereocenters. The fourth-order valence-electron chi connectivity index (χ4n) is 2.81. The fraction of sp³-hybridized carbons (Fsp3) is 0.600. The van der Waals surface area contributed by atoms with Crippen LogP contribution in [0.3, 0.4) is 0 Å². The third-order valence-corrected chi connectivity index (χ3v) is 4.85. The number of hydrogen-bond donors (Lipinski definition) is 8. The molecule has 0 spiro atoms. The number of carbonyl (C=O) groups is 4. The Balaban J connectivity index is 0. The molecule has 1 aromatic carbocycles. The molecule has 13 nitrogen and oxygen atoms in total. The summed E-state index contributed by atoms with van der Waals surface area (Å²) in [6.45, 7) is -0.313. The molecule has 38 heavy (non-hydrogen) atoms. The Hall–Kier alpha value is -3.10. The van der Waals surface area contributed by atoms with Crippen LogP contribution in [0, 0.1) is 0 Å². The van der Waals surface area contributed by atoms with E-state index < -0.39 is 36.1 Å². The van der Waals surface area contributed by atoms with Gasteiger partial charge in [0.15, 0.2) is 0 Å². The van der Waals surface area contributed by atoms with E-state index in [4.69, 9.17) is 40.5 Å². The predicted octanol–water partition coefficient (Wildman–Crippen LogP) is 1.46. The van der Waals surface area contributed by atoms with E-state index in [-0.39, 0.29) is 50.4 Å². The number of aliphatic carboxylic acids is 2. The molecular formula is C25H40O13. The van der Waals surface area contributed by atoms with E-state index in [2.05, 4.69) is 0 Å². The van der Waals surface area contributed by atoms with Crippen LogP contribution in [-0.2, 0) is 14.3 Å². The Bertz CT molecular complexity index is 729. The van der Waals surface area contributed by atoms with Gasteiger partial charge in [0.05, 0.1) is 37.1 Å². The Morgan fingerprint density at radius 3 is 1.39 bits per heavy atom. The molecule has 0 amide bonds. The fourth-order valence-corrected chi connectivity index (χ4v) is 2.81. The second-order valence-corrected chi connectivity index (χ2v) is 7.99. The molecule has 2 unspecified atom stereocenters. The van der Waals surface area contributed by atoms with Crippen LogP contribution in [0.4, 0.5) is 0 Å². The van der Waals surface area contributed by atoms with Crippen molar-refractivity contribution in [2.24, 2.45) is 0 Å². The van der Waals surface area contributed by atoms with Crippen molar-refractivity contribution in [3.8, 4) is 0 Å². The van der Waals surface area contributed by atoms with E-state index in [0.717, 1.165) is 19.3 Å². The van der Waals surface area contributed by atoms with E-state index in [1.807, 2.05) is 0 Å². The minimum absolute atomic E-state index is 0.00914. The summed E-state index contributed by atoms with van der Waals surface area (Å²) in [6.07, 6.45) is 3.93. The summed E-state index contributed by atoms with van der Waals surface area (Å²) in [5.41, 5.74) is 0.167. The Kier molecular flexibility index (Phi) is 23.6. The molecule has 0 saturated carbocycles. The number of rotatable bonds is 18. The summed E-state index contributed by atoms with van der Waals surface area (Å²) < 4.78 is 4.97. The second-order valence-electron chi connectivity index (χ2n) is 7.99. The van der Waals surface area contributed by atoms with Gasteiger partial charge < -0.3 is 45.6 Å². The van der Waals surface area contributed by atoms with E-state index in [1.165, 1.54) is 24.3 Å². The van der Waals surface area contributed by atoms with Crippen LogP contribution in [0.15, 0.2) is 24.3 Å². The van der Waals surface area contributed by atoms with Gasteiger partial charge in [0.1, 0.15) is 6.10 Å². The SMILES string of the molecule is O=C(O)CCCCCCCC(=O)O.O=C(O)c1ccc(C(=O)O)cc1.OCCCC(O)C(CO)OCCO. The highest BCUT2D eigenvalue weighted by molar-refractivity contribution is 5.91. The first-order valence-electron chi connectivity index (χ1n) is 12.1. The molecule has 13 heteroatoms. The number of benzene rings is 1. The average Bonchev–Trinajstić information content (AvgIpc) is 2.87. The lowest BCUT2D eigenvalue weighted by molar-refractivity contribution is -0.138. The molecule has 0 fully saturated rings. The van der Waals surface area contributed by atoms with Gasteiger partial charge in [-0.15, -0.1) is 0 Å². The van der Waals surface area contributed by atoms with E-state index in [0.29, 0.717) is 25.7 Å². The van der Waals surface area contributed by atoms with Crippen molar-refractivity contribution in [1.82, 2.24) is 0 Å². The van der Waals surface area contributed by atoms with Crippen molar-refractivity contribution < 1.29 is 64.8 Å². The molecule has 1 aromatic rings. The molecule has 0 heterocycles. The quantitative estimate of drug-likeness (QED) is 0.121. The molecule has 0 aliphatic carbocycles. The molecule has 0 radical (unpaired) electrons. The monoisotopic (exact) mass is 548 g/mol. The van der Waals surface area contributed by atoms with Gasteiger partial charge in [0.2, 0.25) is 0 Å². The minimum Gasteiger partial charge on any atom is -0.481 e. The predicted molar refractivity (Wildman–Crippen MR) is 134 cm³/mol. The van der Waals surface area contributed by atoms with Gasteiger partial charge in [0.25, 0.3) is 0 Å². The number of carboxylic acids is 4. The van der Waals surface area contributed by atoms with Crippen molar-refractivity contribution in [3.63, 3.8) is 0 Å². The molecule has 0 saturated heterocycles. The smallest absolute Gasteiger partial charge is 0.335 e. The van der Waals surface area contributed by atoms with Gasteiger partial charge >= 0.3 is 23.9 Å². The molecule has 0 aliphatic heterocycles. The summed E-state index contributed by atoms with van der Waals surface area (Å²) in [5.74, 6) is -3.64. The van der Waals surface area contributed by atoms with Gasteiger partial charge in [-0.05, 0) is 49.9 Å². The summed E-state index contributed by atoms with van der Waals surface area (Å²) in [4.78, 5) is 40.9. The number of carboxylic acid groups (broad SMARTS) is 4. The van der Waals surface area contributed by atoms with Gasteiger partial charge in [0, 0.05) is 19.4 Å². The van der Waals surface area contributed by atoms with Gasteiger partial charge in [-0.3, -0.25) is 9.59 Å². The standard InChI is InChI=1S/C9H16O4.C8H18O5.C8H6O4/c10-8(11)6-4-2-1-3-5-7-9(12)13;9-3-1-2-7(12)8(6-11)13-5-4-10;9-7(10)5-1-2-6(4-3-5)8(11)12/h1-7H2,(H,10,11)(H,12,13);7-12H,1-6H2;1-4H,(H,9,10)(H,11,12). The van der Waals surface area contributed by atoms with Crippen LogP contribution in [0.1, 0.15) is 78.5 Å². The van der Waals surface area contributed by atoms with Crippen LogP contribution in [0.25, 0.3) is 0 Å². The zero-order valence-corrected chi connectivity index (χ0v) is 21.3. The lowest BCUT2D eigenvalue weighted by Crippen LogP contribution is -2.33. The number of aliphatic hydroxyl groups excluding tert-OH is 4. The molecule has 1 rings (SSSR count). The molecule has 0 aliphatic rings. The van der Waals surface area contributed by atoms with Crippen molar-refractivity contribution >= 4 is 23.9 Å². The maximum absolute atomic E-state index is 10.3. The molecule has 8 N–H and O–H groups in total. The average molecular weight is 549 g/mol. The largest absolute Gasteiger partial charge is 0.481 e. The van der Waals surface area contributed by atoms with Crippen LogP contribution < -0.4 is 0 Å². The van der Waals surface area contributed by atoms with Crippen LogP contribution in [-0.4, -0.2) is 103 Å². The molecule has 0 bridgehead atoms.